The van der Waals surface area contributed by atoms with Crippen LogP contribution in [-0.4, -0.2) is 33.0 Å². The van der Waals surface area contributed by atoms with Crippen molar-refractivity contribution >= 4 is 48.5 Å². The van der Waals surface area contributed by atoms with Crippen LogP contribution in [0, 0.1) is 6.92 Å². The Hall–Kier alpha value is -2.20. The number of sulfonamides is 1. The summed E-state index contributed by atoms with van der Waals surface area (Å²) in [6.45, 7) is 1.81. The van der Waals surface area contributed by atoms with Crippen molar-refractivity contribution in [3.05, 3.63) is 58.3 Å². The number of nitrogens with one attached hydrogen (secondary N) is 1. The Morgan fingerprint density at radius 1 is 1.19 bits per heavy atom. The number of benzene rings is 2. The second-order valence-electron chi connectivity index (χ2n) is 5.77. The van der Waals surface area contributed by atoms with E-state index in [9.17, 15) is 13.2 Å². The molecule has 27 heavy (non-hydrogen) atoms. The van der Waals surface area contributed by atoms with Crippen LogP contribution >= 0.6 is 15.9 Å². The molecule has 1 aromatic heterocycles. The molecule has 0 atom stereocenters. The normalized spacial score (nSPS) is 11.9. The van der Waals surface area contributed by atoms with Gasteiger partial charge in [-0.2, -0.15) is 0 Å². The molecule has 142 valence electrons. The molecule has 2 aromatic carbocycles. The molecule has 1 heterocycles. The molecule has 0 bridgehead atoms. The molecule has 0 fully saturated rings. The Morgan fingerprint density at radius 3 is 2.48 bits per heavy atom. The van der Waals surface area contributed by atoms with Crippen LogP contribution < -0.4 is 5.32 Å². The van der Waals surface area contributed by atoms with Crippen molar-refractivity contribution in [1.29, 1.82) is 0 Å². The summed E-state index contributed by atoms with van der Waals surface area (Å²) in [6.07, 6.45) is 0. The summed E-state index contributed by atoms with van der Waals surface area (Å²) in [6, 6.07) is 11.3. The lowest BCUT2D eigenvalue weighted by Crippen LogP contribution is -2.25. The van der Waals surface area contributed by atoms with Gasteiger partial charge in [0.1, 0.15) is 5.58 Å². The third-order valence-electron chi connectivity index (χ3n) is 4.11. The summed E-state index contributed by atoms with van der Waals surface area (Å²) >= 11 is 3.40. The zero-order valence-electron chi connectivity index (χ0n) is 14.8. The van der Waals surface area contributed by atoms with Crippen LogP contribution in [0.5, 0.6) is 0 Å². The first-order valence-electron chi connectivity index (χ1n) is 7.87. The predicted octanol–water partition coefficient (Wildman–Crippen LogP) is 3.94. The van der Waals surface area contributed by atoms with Crippen molar-refractivity contribution in [2.75, 3.05) is 19.5 Å². The molecule has 0 saturated carbocycles. The van der Waals surface area contributed by atoms with Gasteiger partial charge in [0.25, 0.3) is 15.9 Å². The van der Waals surface area contributed by atoms with Gasteiger partial charge in [0.15, 0.2) is 5.76 Å². The molecule has 3 rings (SSSR count). The van der Waals surface area contributed by atoms with E-state index in [0.717, 1.165) is 19.9 Å². The number of fused-ring (bicyclic) bond motifs is 1. The maximum atomic E-state index is 12.6. The van der Waals surface area contributed by atoms with Crippen LogP contribution in [-0.2, 0) is 14.9 Å². The molecule has 0 spiro atoms. The van der Waals surface area contributed by atoms with E-state index in [1.54, 1.807) is 6.07 Å². The molecule has 0 saturated heterocycles. The van der Waals surface area contributed by atoms with Gasteiger partial charge in [0.05, 0.1) is 12.0 Å². The topological polar surface area (TPSA) is 88.9 Å². The Labute approximate surface area is 165 Å². The van der Waals surface area contributed by atoms with Crippen LogP contribution in [0.1, 0.15) is 16.1 Å². The van der Waals surface area contributed by atoms with Crippen molar-refractivity contribution in [2.45, 2.75) is 11.8 Å². The molecule has 9 heteroatoms. The highest BCUT2D eigenvalue weighted by atomic mass is 79.9. The Balaban J connectivity index is 1.84. The lowest BCUT2D eigenvalue weighted by atomic mass is 10.1. The zero-order valence-corrected chi connectivity index (χ0v) is 17.2. The first-order chi connectivity index (χ1) is 12.7. The number of anilines is 1. The quantitative estimate of drug-likeness (QED) is 0.592. The third kappa shape index (κ3) is 3.77. The van der Waals surface area contributed by atoms with Crippen molar-refractivity contribution in [2.24, 2.45) is 0 Å². The third-order valence-corrected chi connectivity index (χ3v) is 6.30. The highest BCUT2D eigenvalue weighted by Crippen LogP contribution is 2.28. The van der Waals surface area contributed by atoms with Gasteiger partial charge in [-0.1, -0.05) is 20.4 Å². The number of halogens is 1. The van der Waals surface area contributed by atoms with Gasteiger partial charge in [-0.25, -0.2) is 8.42 Å². The molecule has 0 aliphatic carbocycles. The van der Waals surface area contributed by atoms with Gasteiger partial charge in [-0.15, -0.1) is 0 Å². The van der Waals surface area contributed by atoms with Gasteiger partial charge < -0.3 is 9.73 Å². The van der Waals surface area contributed by atoms with Crippen molar-refractivity contribution in [1.82, 2.24) is 4.47 Å². The molecule has 0 aliphatic rings. The molecule has 0 radical (unpaired) electrons. The number of hydroxylamine groups is 1. The van der Waals surface area contributed by atoms with E-state index in [-0.39, 0.29) is 10.7 Å². The van der Waals surface area contributed by atoms with Gasteiger partial charge in [0.2, 0.25) is 0 Å². The fraction of sp³-hybridized carbons (Fsp3) is 0.167. The average Bonchev–Trinajstić information content (AvgIpc) is 2.97. The van der Waals surface area contributed by atoms with E-state index in [1.807, 2.05) is 19.1 Å². The monoisotopic (exact) mass is 452 g/mol. The van der Waals surface area contributed by atoms with E-state index in [0.29, 0.717) is 11.3 Å². The predicted molar refractivity (Wildman–Crippen MR) is 105 cm³/mol. The molecule has 1 N–H and O–H groups in total. The van der Waals surface area contributed by atoms with Crippen LogP contribution in [0.3, 0.4) is 0 Å². The summed E-state index contributed by atoms with van der Waals surface area (Å²) in [5, 5.41) is 3.56. The minimum atomic E-state index is -3.74. The van der Waals surface area contributed by atoms with Crippen molar-refractivity contribution in [3.63, 3.8) is 0 Å². The standard InChI is InChI=1S/C18H17BrN2O5S/c1-11-15-10-12(19)4-9-16(15)26-17(11)18(22)20-13-5-7-14(8-6-13)27(23,24)21(2)25-3/h4-10H,1-3H3,(H,20,22). The number of carbonyl (C=O) groups is 1. The van der Waals surface area contributed by atoms with Crippen molar-refractivity contribution in [3.8, 4) is 0 Å². The maximum absolute atomic E-state index is 12.6. The number of aryl methyl sites for hydroxylation is 1. The molecule has 1 amide bonds. The zero-order chi connectivity index (χ0) is 19.8. The smallest absolute Gasteiger partial charge is 0.291 e. The SMILES string of the molecule is CON(C)S(=O)(=O)c1ccc(NC(=O)c2oc3ccc(Br)cc3c2C)cc1. The Bertz CT molecular complexity index is 1110. The number of carbonyl (C=O) groups excluding carboxylic acids is 1. The Kier molecular flexibility index (Phi) is 5.38. The van der Waals surface area contributed by atoms with Crippen LogP contribution in [0.4, 0.5) is 5.69 Å². The summed E-state index contributed by atoms with van der Waals surface area (Å²) in [4.78, 5) is 17.3. The molecule has 7 nitrogen and oxygen atoms in total. The molecular weight excluding hydrogens is 436 g/mol. The minimum Gasteiger partial charge on any atom is -0.451 e. The van der Waals surface area contributed by atoms with E-state index < -0.39 is 15.9 Å². The van der Waals surface area contributed by atoms with Gasteiger partial charge >= 0.3 is 0 Å². The number of amides is 1. The van der Waals surface area contributed by atoms with Gasteiger partial charge in [0, 0.05) is 28.2 Å². The van der Waals surface area contributed by atoms with E-state index in [2.05, 4.69) is 21.2 Å². The second-order valence-corrected chi connectivity index (χ2v) is 8.62. The first-order valence-corrected chi connectivity index (χ1v) is 10.1. The molecule has 3 aromatic rings. The van der Waals surface area contributed by atoms with Crippen LogP contribution in [0.25, 0.3) is 11.0 Å². The maximum Gasteiger partial charge on any atom is 0.291 e. The largest absolute Gasteiger partial charge is 0.451 e. The van der Waals surface area contributed by atoms with E-state index >= 15 is 0 Å². The summed E-state index contributed by atoms with van der Waals surface area (Å²) in [7, 11) is -1.18. The fourth-order valence-corrected chi connectivity index (χ4v) is 3.89. The number of hydrogen-bond donors (Lipinski definition) is 1. The fourth-order valence-electron chi connectivity index (χ4n) is 2.55. The van der Waals surface area contributed by atoms with Crippen LogP contribution in [0.2, 0.25) is 0 Å². The number of furan rings is 1. The summed E-state index contributed by atoms with van der Waals surface area (Å²) in [5.41, 5.74) is 1.79. The average molecular weight is 453 g/mol. The second kappa shape index (κ2) is 7.43. The number of hydrogen-bond acceptors (Lipinski definition) is 5. The lowest BCUT2D eigenvalue weighted by Gasteiger charge is -2.14. The highest BCUT2D eigenvalue weighted by Gasteiger charge is 2.21. The Morgan fingerprint density at radius 2 is 1.85 bits per heavy atom. The highest BCUT2D eigenvalue weighted by molar-refractivity contribution is 9.10. The molecule has 0 aliphatic heterocycles. The van der Waals surface area contributed by atoms with Crippen LogP contribution in [0.15, 0.2) is 56.2 Å². The first kappa shape index (κ1) is 19.6. The van der Waals surface area contributed by atoms with Crippen molar-refractivity contribution < 1.29 is 22.5 Å². The molecular formula is C18H17BrN2O5S. The molecule has 0 unspecified atom stereocenters. The van der Waals surface area contributed by atoms with E-state index in [1.165, 1.54) is 38.4 Å². The number of nitrogens with zero attached hydrogens (tertiary/aromatic N) is 1. The van der Waals surface area contributed by atoms with Gasteiger partial charge in [-0.05, 0) is 49.4 Å². The minimum absolute atomic E-state index is 0.0506. The lowest BCUT2D eigenvalue weighted by molar-refractivity contribution is -0.0258. The van der Waals surface area contributed by atoms with E-state index in [4.69, 9.17) is 9.25 Å². The van der Waals surface area contributed by atoms with Gasteiger partial charge in [-0.3, -0.25) is 9.63 Å². The summed E-state index contributed by atoms with van der Waals surface area (Å²) < 4.78 is 31.7. The summed E-state index contributed by atoms with van der Waals surface area (Å²) in [5.74, 6) is -0.205. The number of rotatable bonds is 5.